The molecule has 0 aromatic heterocycles. The summed E-state index contributed by atoms with van der Waals surface area (Å²) >= 11 is 0. The highest BCUT2D eigenvalue weighted by atomic mass is 16.5. The predicted molar refractivity (Wildman–Crippen MR) is 113 cm³/mol. The van der Waals surface area contributed by atoms with E-state index in [0.717, 1.165) is 16.3 Å². The van der Waals surface area contributed by atoms with Crippen LogP contribution in [0.1, 0.15) is 25.8 Å². The third-order valence-electron chi connectivity index (χ3n) is 4.70. The van der Waals surface area contributed by atoms with Crippen LogP contribution in [0.2, 0.25) is 0 Å². The lowest BCUT2D eigenvalue weighted by molar-refractivity contribution is -0.147. The van der Waals surface area contributed by atoms with E-state index >= 15 is 0 Å². The number of fused-ring (bicyclic) bond motifs is 1. The SMILES string of the molecule is CC(C)[C@H](NC(=O)OCCc1cccc2ccccc12)C(=O)N[C@@H](CC(=O)O)C(=O)O. The molecule has 2 rings (SSSR count). The third-order valence-corrected chi connectivity index (χ3v) is 4.70. The van der Waals surface area contributed by atoms with Gasteiger partial charge in [0.15, 0.2) is 0 Å². The van der Waals surface area contributed by atoms with Crippen molar-refractivity contribution in [2.45, 2.75) is 38.8 Å². The molecule has 2 atom stereocenters. The average Bonchev–Trinajstić information content (AvgIpc) is 2.71. The summed E-state index contributed by atoms with van der Waals surface area (Å²) < 4.78 is 5.20. The number of alkyl carbamates (subject to hydrolysis) is 1. The van der Waals surface area contributed by atoms with E-state index in [1.54, 1.807) is 13.8 Å². The first-order chi connectivity index (χ1) is 14.7. The zero-order valence-electron chi connectivity index (χ0n) is 17.3. The van der Waals surface area contributed by atoms with Crippen LogP contribution in [0.5, 0.6) is 0 Å². The van der Waals surface area contributed by atoms with Gasteiger partial charge in [0.2, 0.25) is 5.91 Å². The van der Waals surface area contributed by atoms with Crippen LogP contribution in [0.15, 0.2) is 42.5 Å². The van der Waals surface area contributed by atoms with Gasteiger partial charge in [0.25, 0.3) is 0 Å². The highest BCUT2D eigenvalue weighted by Gasteiger charge is 2.30. The quantitative estimate of drug-likeness (QED) is 0.452. The van der Waals surface area contributed by atoms with Crippen LogP contribution in [0.3, 0.4) is 0 Å². The number of nitrogens with one attached hydrogen (secondary N) is 2. The molecule has 0 bridgehead atoms. The summed E-state index contributed by atoms with van der Waals surface area (Å²) in [7, 11) is 0. The smallest absolute Gasteiger partial charge is 0.407 e. The molecule has 166 valence electrons. The first-order valence-electron chi connectivity index (χ1n) is 9.84. The van der Waals surface area contributed by atoms with E-state index in [1.807, 2.05) is 42.5 Å². The molecular formula is C22H26N2O7. The lowest BCUT2D eigenvalue weighted by Gasteiger charge is -2.23. The number of aliphatic carboxylic acids is 2. The maximum atomic E-state index is 12.4. The van der Waals surface area contributed by atoms with Crippen LogP contribution in [-0.2, 0) is 25.5 Å². The highest BCUT2D eigenvalue weighted by molar-refractivity contribution is 5.91. The Morgan fingerprint density at radius 2 is 1.65 bits per heavy atom. The van der Waals surface area contributed by atoms with Crippen LogP contribution < -0.4 is 10.6 Å². The summed E-state index contributed by atoms with van der Waals surface area (Å²) in [5.41, 5.74) is 1.02. The fourth-order valence-corrected chi connectivity index (χ4v) is 3.10. The molecular weight excluding hydrogens is 404 g/mol. The Morgan fingerprint density at radius 1 is 0.968 bits per heavy atom. The largest absolute Gasteiger partial charge is 0.481 e. The van der Waals surface area contributed by atoms with Crippen molar-refractivity contribution >= 4 is 34.7 Å². The number of carboxylic acid groups (broad SMARTS) is 2. The van der Waals surface area contributed by atoms with E-state index < -0.39 is 42.4 Å². The molecule has 0 aliphatic carbocycles. The average molecular weight is 430 g/mol. The molecule has 0 heterocycles. The van der Waals surface area contributed by atoms with E-state index in [4.69, 9.17) is 14.9 Å². The fourth-order valence-electron chi connectivity index (χ4n) is 3.10. The Bertz CT molecular complexity index is 953. The zero-order chi connectivity index (χ0) is 23.0. The molecule has 0 aliphatic heterocycles. The molecule has 4 N–H and O–H groups in total. The molecule has 2 aromatic rings. The zero-order valence-corrected chi connectivity index (χ0v) is 17.3. The fraction of sp³-hybridized carbons (Fsp3) is 0.364. The standard InChI is InChI=1S/C22H26N2O7/c1-13(2)19(20(27)23-17(21(28)29)12-18(25)26)24-22(30)31-11-10-15-8-5-7-14-6-3-4-9-16(14)15/h3-9,13,17,19H,10-12H2,1-2H3,(H,23,27)(H,24,30)(H,25,26)(H,28,29)/t17-,19-/m0/s1. The Hall–Kier alpha value is -3.62. The summed E-state index contributed by atoms with van der Waals surface area (Å²) in [6, 6.07) is 11.0. The van der Waals surface area contributed by atoms with Crippen molar-refractivity contribution in [2.24, 2.45) is 5.92 Å². The molecule has 9 heteroatoms. The topological polar surface area (TPSA) is 142 Å². The van der Waals surface area contributed by atoms with Crippen LogP contribution in [0.25, 0.3) is 10.8 Å². The number of benzene rings is 2. The van der Waals surface area contributed by atoms with Gasteiger partial charge in [-0.1, -0.05) is 56.3 Å². The predicted octanol–water partition coefficient (Wildman–Crippen LogP) is 2.18. The van der Waals surface area contributed by atoms with Gasteiger partial charge >= 0.3 is 18.0 Å². The molecule has 31 heavy (non-hydrogen) atoms. The van der Waals surface area contributed by atoms with E-state index in [2.05, 4.69) is 10.6 Å². The molecule has 2 amide bonds. The minimum Gasteiger partial charge on any atom is -0.481 e. The molecule has 0 saturated heterocycles. The van der Waals surface area contributed by atoms with Gasteiger partial charge in [0.1, 0.15) is 12.1 Å². The lowest BCUT2D eigenvalue weighted by atomic mass is 10.0. The van der Waals surface area contributed by atoms with Crippen molar-refractivity contribution in [1.82, 2.24) is 10.6 Å². The van der Waals surface area contributed by atoms with E-state index in [1.165, 1.54) is 0 Å². The van der Waals surface area contributed by atoms with Crippen molar-refractivity contribution in [3.8, 4) is 0 Å². The molecule has 0 aliphatic rings. The van der Waals surface area contributed by atoms with Crippen molar-refractivity contribution in [1.29, 1.82) is 0 Å². The molecule has 2 aromatic carbocycles. The first-order valence-corrected chi connectivity index (χ1v) is 9.84. The second-order valence-corrected chi connectivity index (χ2v) is 7.39. The number of ether oxygens (including phenoxy) is 1. The number of hydrogen-bond donors (Lipinski definition) is 4. The molecule has 0 radical (unpaired) electrons. The minimum absolute atomic E-state index is 0.0863. The van der Waals surface area contributed by atoms with E-state index in [-0.39, 0.29) is 12.5 Å². The summed E-state index contributed by atoms with van der Waals surface area (Å²) in [5, 5.41) is 24.6. The number of carbonyl (C=O) groups excluding carboxylic acids is 2. The van der Waals surface area contributed by atoms with Crippen molar-refractivity contribution in [3.63, 3.8) is 0 Å². The van der Waals surface area contributed by atoms with Crippen molar-refractivity contribution in [3.05, 3.63) is 48.0 Å². The lowest BCUT2D eigenvalue weighted by Crippen LogP contribution is -2.54. The number of carbonyl (C=O) groups is 4. The van der Waals surface area contributed by atoms with Gasteiger partial charge in [-0.05, 0) is 22.3 Å². The maximum absolute atomic E-state index is 12.4. The molecule has 9 nitrogen and oxygen atoms in total. The van der Waals surface area contributed by atoms with E-state index in [0.29, 0.717) is 6.42 Å². The summed E-state index contributed by atoms with van der Waals surface area (Å²) in [6.45, 7) is 3.41. The van der Waals surface area contributed by atoms with Crippen molar-refractivity contribution < 1.29 is 34.1 Å². The molecule has 0 fully saturated rings. The number of rotatable bonds is 10. The summed E-state index contributed by atoms with van der Waals surface area (Å²) in [4.78, 5) is 46.6. The molecule has 0 spiro atoms. The second-order valence-electron chi connectivity index (χ2n) is 7.39. The number of amides is 2. The van der Waals surface area contributed by atoms with Crippen LogP contribution >= 0.6 is 0 Å². The number of carboxylic acids is 2. The van der Waals surface area contributed by atoms with Gasteiger partial charge in [0, 0.05) is 6.42 Å². The van der Waals surface area contributed by atoms with Gasteiger partial charge in [-0.25, -0.2) is 9.59 Å². The van der Waals surface area contributed by atoms with Gasteiger partial charge in [-0.2, -0.15) is 0 Å². The van der Waals surface area contributed by atoms with Crippen LogP contribution in [-0.4, -0.2) is 52.8 Å². The summed E-state index contributed by atoms with van der Waals surface area (Å²) in [5.74, 6) is -4.02. The Labute approximate surface area is 179 Å². The minimum atomic E-state index is -1.60. The van der Waals surface area contributed by atoms with Gasteiger partial charge < -0.3 is 25.6 Å². The van der Waals surface area contributed by atoms with Crippen LogP contribution in [0, 0.1) is 5.92 Å². The van der Waals surface area contributed by atoms with Gasteiger partial charge in [-0.3, -0.25) is 9.59 Å². The first kappa shape index (κ1) is 23.7. The molecule has 0 saturated carbocycles. The second kappa shape index (κ2) is 11.0. The van der Waals surface area contributed by atoms with Crippen molar-refractivity contribution in [2.75, 3.05) is 6.61 Å². The monoisotopic (exact) mass is 430 g/mol. The normalized spacial score (nSPS) is 12.7. The summed E-state index contributed by atoms with van der Waals surface area (Å²) in [6.07, 6.45) is -1.12. The van der Waals surface area contributed by atoms with Gasteiger partial charge in [0.05, 0.1) is 13.0 Å². The van der Waals surface area contributed by atoms with Gasteiger partial charge in [-0.15, -0.1) is 0 Å². The Morgan fingerprint density at radius 3 is 2.29 bits per heavy atom. The Balaban J connectivity index is 1.93. The third kappa shape index (κ3) is 6.98. The molecule has 0 unspecified atom stereocenters. The Kier molecular flexibility index (Phi) is 8.36. The van der Waals surface area contributed by atoms with E-state index in [9.17, 15) is 19.2 Å². The number of hydrogen-bond acceptors (Lipinski definition) is 5. The maximum Gasteiger partial charge on any atom is 0.407 e. The van der Waals surface area contributed by atoms with Crippen LogP contribution in [0.4, 0.5) is 4.79 Å². The highest BCUT2D eigenvalue weighted by Crippen LogP contribution is 2.18.